The van der Waals surface area contributed by atoms with Crippen molar-refractivity contribution in [3.8, 4) is 69.0 Å². The molecule has 6 aliphatic heterocycles. The maximum absolute atomic E-state index is 11.5. The minimum absolute atomic E-state index is 0.146. The van der Waals surface area contributed by atoms with E-state index in [2.05, 4.69) is 14.2 Å². The number of benzene rings is 3. The van der Waals surface area contributed by atoms with E-state index in [9.17, 15) is 14.4 Å². The normalized spacial score (nSPS) is 18.7. The van der Waals surface area contributed by atoms with Crippen molar-refractivity contribution < 1.29 is 90.5 Å². The lowest BCUT2D eigenvalue weighted by Crippen LogP contribution is -2.30. The molecule has 68 heavy (non-hydrogen) atoms. The molecule has 6 aliphatic rings. The van der Waals surface area contributed by atoms with Gasteiger partial charge in [0, 0.05) is 108 Å². The van der Waals surface area contributed by atoms with E-state index in [1.54, 1.807) is 18.2 Å². The fraction of sp³-hybridized carbons (Fsp3) is 0.543. The molecule has 22 heteroatoms. The highest BCUT2D eigenvalue weighted by atomic mass is 32.2. The van der Waals surface area contributed by atoms with Crippen molar-refractivity contribution in [1.82, 2.24) is 0 Å². The number of hydrogen-bond donors (Lipinski definition) is 1. The van der Waals surface area contributed by atoms with Gasteiger partial charge in [-0.3, -0.25) is 14.4 Å². The van der Waals surface area contributed by atoms with Gasteiger partial charge in [-0.1, -0.05) is 0 Å². The predicted octanol–water partition coefficient (Wildman–Crippen LogP) is 8.51. The highest BCUT2D eigenvalue weighted by Crippen LogP contribution is 2.60. The zero-order valence-electron chi connectivity index (χ0n) is 40.9. The van der Waals surface area contributed by atoms with E-state index in [1.165, 1.54) is 56.6 Å². The number of rotatable bonds is 9. The quantitative estimate of drug-likeness (QED) is 0.121. The van der Waals surface area contributed by atoms with E-state index >= 15 is 0 Å². The molecule has 374 valence electrons. The van der Waals surface area contributed by atoms with Crippen molar-refractivity contribution in [1.29, 1.82) is 0 Å². The number of hydrogen-bond acceptors (Lipinski definition) is 22. The molecule has 1 N–H and O–H groups in total. The molecule has 3 aromatic rings. The Bertz CT molecular complexity index is 2050. The van der Waals surface area contributed by atoms with Crippen LogP contribution >= 0.6 is 35.3 Å². The second kappa shape index (κ2) is 19.2. The van der Waals surface area contributed by atoms with Crippen LogP contribution in [0.2, 0.25) is 0 Å². The van der Waals surface area contributed by atoms with Crippen molar-refractivity contribution in [2.45, 2.75) is 132 Å². The summed E-state index contributed by atoms with van der Waals surface area (Å²) >= 11 is 3.84. The summed E-state index contributed by atoms with van der Waals surface area (Å²) < 4.78 is 83.8. The molecule has 0 atom stereocenters. The number of aliphatic hydroxyl groups excluding tert-OH is 1. The van der Waals surface area contributed by atoms with E-state index in [-0.39, 0.29) is 35.2 Å². The highest BCUT2D eigenvalue weighted by Gasteiger charge is 2.45. The monoisotopic (exact) mass is 1010 g/mol. The van der Waals surface area contributed by atoms with E-state index in [0.717, 1.165) is 7.11 Å². The van der Waals surface area contributed by atoms with E-state index in [4.69, 9.17) is 61.9 Å². The number of carbonyl (C=O) groups is 3. The first-order valence-corrected chi connectivity index (χ1v) is 24.0. The molecule has 0 saturated carbocycles. The van der Waals surface area contributed by atoms with Gasteiger partial charge in [0.2, 0.25) is 34.7 Å². The molecular weight excluding hydrogens is 953 g/mol. The molecule has 0 aromatic heterocycles. The number of fused-ring (bicyclic) bond motifs is 6. The van der Waals surface area contributed by atoms with E-state index in [1.807, 2.05) is 83.1 Å². The van der Waals surface area contributed by atoms with E-state index in [0.29, 0.717) is 83.7 Å². The summed E-state index contributed by atoms with van der Waals surface area (Å²) in [4.78, 5) is 36.4. The van der Waals surface area contributed by atoms with Crippen LogP contribution in [0.3, 0.4) is 0 Å². The van der Waals surface area contributed by atoms with Crippen molar-refractivity contribution in [3.05, 3.63) is 18.2 Å². The minimum atomic E-state index is -0.770. The molecule has 9 rings (SSSR count). The van der Waals surface area contributed by atoms with Gasteiger partial charge in [-0.25, -0.2) is 0 Å². The first-order valence-electron chi connectivity index (χ1n) is 21.1. The van der Waals surface area contributed by atoms with Crippen LogP contribution < -0.4 is 56.8 Å². The lowest BCUT2D eigenvalue weighted by molar-refractivity contribution is -0.138. The van der Waals surface area contributed by atoms with Gasteiger partial charge in [0.1, 0.15) is 14.7 Å². The lowest BCUT2D eigenvalue weighted by Gasteiger charge is -2.18. The molecule has 0 saturated heterocycles. The van der Waals surface area contributed by atoms with Crippen LogP contribution in [-0.2, 0) is 28.6 Å². The standard InChI is InChI=1S/3C15H18O6S.CH4O/c3*1-14(2)18-8-6-9-12(21-15(3,4)19-9)13(11(8)20-14)22-7-10(16)17-5;1-2/h3*6H,7H2,1-5H3;2H,1H3. The van der Waals surface area contributed by atoms with Crippen LogP contribution in [0.4, 0.5) is 0 Å². The van der Waals surface area contributed by atoms with Gasteiger partial charge >= 0.3 is 17.9 Å². The van der Waals surface area contributed by atoms with Crippen LogP contribution in [0.25, 0.3) is 0 Å². The number of methoxy groups -OCH3 is 3. The molecule has 0 radical (unpaired) electrons. The van der Waals surface area contributed by atoms with Gasteiger partial charge in [0.15, 0.2) is 69.0 Å². The SMILES string of the molecule is CO.COC(=O)CSc1c2c(cc3c1OC(C)(C)O3)OC(C)(C)O2.COC(=O)CSc1c2c(cc3c1OC(C)(C)O3)OC(C)(C)O2.COC(=O)CSc1c2c(cc3c1OC(C)(C)O3)OC(C)(C)O2. The largest absolute Gasteiger partial charge is 0.468 e. The topological polar surface area (TPSA) is 210 Å². The number of thioether (sulfide) groups is 3. The van der Waals surface area contributed by atoms with Gasteiger partial charge in [-0.2, -0.15) is 0 Å². The third-order valence-corrected chi connectivity index (χ3v) is 12.4. The molecule has 19 nitrogen and oxygen atoms in total. The van der Waals surface area contributed by atoms with Crippen molar-refractivity contribution >= 4 is 53.2 Å². The summed E-state index contributed by atoms with van der Waals surface area (Å²) in [6, 6.07) is 5.28. The number of carbonyl (C=O) groups excluding carboxylic acids is 3. The Kier molecular flexibility index (Phi) is 14.7. The van der Waals surface area contributed by atoms with Crippen LogP contribution in [-0.4, -0.2) is 103 Å². The second-order valence-corrected chi connectivity index (χ2v) is 20.8. The van der Waals surface area contributed by atoms with Crippen molar-refractivity contribution in [3.63, 3.8) is 0 Å². The van der Waals surface area contributed by atoms with Crippen molar-refractivity contribution in [2.75, 3.05) is 45.7 Å². The summed E-state index contributed by atoms with van der Waals surface area (Å²) in [6.45, 7) is 21.8. The maximum atomic E-state index is 11.5. The average molecular weight is 1010 g/mol. The summed E-state index contributed by atoms with van der Waals surface area (Å²) in [5, 5.41) is 7.00. The zero-order valence-corrected chi connectivity index (χ0v) is 43.3. The molecule has 0 bridgehead atoms. The second-order valence-electron chi connectivity index (χ2n) is 17.8. The summed E-state index contributed by atoms with van der Waals surface area (Å²) in [5.74, 6) is 1.73. The summed E-state index contributed by atoms with van der Waals surface area (Å²) in [5.41, 5.74) is 0. The fourth-order valence-electron chi connectivity index (χ4n) is 6.92. The Morgan fingerprint density at radius 2 is 0.529 bits per heavy atom. The van der Waals surface area contributed by atoms with Crippen molar-refractivity contribution in [2.24, 2.45) is 0 Å². The molecule has 0 aliphatic carbocycles. The molecule has 6 heterocycles. The zero-order chi connectivity index (χ0) is 50.4. The Morgan fingerprint density at radius 1 is 0.368 bits per heavy atom. The Labute approximate surface area is 407 Å². The minimum Gasteiger partial charge on any atom is -0.468 e. The lowest BCUT2D eigenvalue weighted by atomic mass is 10.3. The first kappa shape index (κ1) is 52.1. The number of ether oxygens (including phenoxy) is 15. The molecule has 0 fully saturated rings. The van der Waals surface area contributed by atoms with Gasteiger partial charge < -0.3 is 76.2 Å². The third kappa shape index (κ3) is 11.7. The predicted molar refractivity (Wildman–Crippen MR) is 248 cm³/mol. The van der Waals surface area contributed by atoms with Crippen LogP contribution in [0, 0.1) is 0 Å². The fourth-order valence-corrected chi connectivity index (χ4v) is 9.70. The van der Waals surface area contributed by atoms with Gasteiger partial charge in [-0.15, -0.1) is 35.3 Å². The maximum Gasteiger partial charge on any atom is 0.315 e. The molecule has 3 aromatic carbocycles. The summed E-state index contributed by atoms with van der Waals surface area (Å²) in [7, 11) is 5.07. The molecule has 0 spiro atoms. The van der Waals surface area contributed by atoms with Gasteiger partial charge in [0.05, 0.1) is 38.6 Å². The average Bonchev–Trinajstić information content (AvgIpc) is 4.05. The first-order chi connectivity index (χ1) is 31.6. The Hall–Kier alpha value is -5.32. The smallest absolute Gasteiger partial charge is 0.315 e. The van der Waals surface area contributed by atoms with Crippen LogP contribution in [0.5, 0.6) is 69.0 Å². The molecular formula is C46H58O19S3. The summed E-state index contributed by atoms with van der Waals surface area (Å²) in [6.07, 6.45) is 0. The highest BCUT2D eigenvalue weighted by molar-refractivity contribution is 8.00. The van der Waals surface area contributed by atoms with Crippen LogP contribution in [0.15, 0.2) is 32.9 Å². The Balaban J connectivity index is 0.000000165. The van der Waals surface area contributed by atoms with Crippen LogP contribution in [0.1, 0.15) is 83.1 Å². The van der Waals surface area contributed by atoms with Gasteiger partial charge in [0.25, 0.3) is 0 Å². The Morgan fingerprint density at radius 3 is 0.676 bits per heavy atom. The number of esters is 3. The third-order valence-electron chi connectivity index (χ3n) is 9.27. The molecule has 0 amide bonds. The van der Waals surface area contributed by atoms with Gasteiger partial charge in [-0.05, 0) is 0 Å². The molecule has 0 unspecified atom stereocenters. The number of aliphatic hydroxyl groups is 1. The van der Waals surface area contributed by atoms with E-state index < -0.39 is 34.7 Å².